The summed E-state index contributed by atoms with van der Waals surface area (Å²) in [7, 11) is 0. The van der Waals surface area contributed by atoms with Crippen LogP contribution in [0.4, 0.5) is 17.1 Å². The maximum absolute atomic E-state index is 6.84. The van der Waals surface area contributed by atoms with E-state index in [1.165, 1.54) is 54.9 Å². The molecule has 0 saturated carbocycles. The Hall–Kier alpha value is -7.68. The predicted octanol–water partition coefficient (Wildman–Crippen LogP) is 16.0. The van der Waals surface area contributed by atoms with Crippen LogP contribution in [0.15, 0.2) is 229 Å². The number of furan rings is 1. The molecule has 0 saturated heterocycles. The first kappa shape index (κ1) is 33.6. The summed E-state index contributed by atoms with van der Waals surface area (Å²) in [6.07, 6.45) is 0. The molecule has 11 aromatic rings. The molecular formula is C56H37NO. The molecule has 0 N–H and O–H groups in total. The van der Waals surface area contributed by atoms with E-state index in [0.29, 0.717) is 0 Å². The van der Waals surface area contributed by atoms with Crippen LogP contribution in [0.3, 0.4) is 0 Å². The van der Waals surface area contributed by atoms with Gasteiger partial charge in [0.15, 0.2) is 5.58 Å². The molecule has 10 aromatic carbocycles. The zero-order chi connectivity index (χ0) is 38.4. The normalized spacial score (nSPS) is 11.4. The number of anilines is 3. The molecule has 272 valence electrons. The fraction of sp³-hybridized carbons (Fsp3) is 0. The van der Waals surface area contributed by atoms with Crippen molar-refractivity contribution in [1.29, 1.82) is 0 Å². The molecule has 0 aliphatic carbocycles. The van der Waals surface area contributed by atoms with Gasteiger partial charge in [-0.1, -0.05) is 170 Å². The Morgan fingerprint density at radius 2 is 0.810 bits per heavy atom. The smallest absolute Gasteiger partial charge is 0.159 e. The van der Waals surface area contributed by atoms with Crippen molar-refractivity contribution in [1.82, 2.24) is 0 Å². The summed E-state index contributed by atoms with van der Waals surface area (Å²) in [4.78, 5) is 2.33. The molecule has 0 bridgehead atoms. The fourth-order valence-corrected chi connectivity index (χ4v) is 8.50. The predicted molar refractivity (Wildman–Crippen MR) is 245 cm³/mol. The van der Waals surface area contributed by atoms with E-state index in [2.05, 4.69) is 229 Å². The quantitative estimate of drug-likeness (QED) is 0.162. The number of hydrogen-bond acceptors (Lipinski definition) is 2. The van der Waals surface area contributed by atoms with Gasteiger partial charge in [0, 0.05) is 22.1 Å². The van der Waals surface area contributed by atoms with E-state index < -0.39 is 0 Å². The van der Waals surface area contributed by atoms with Crippen molar-refractivity contribution in [2.45, 2.75) is 0 Å². The molecule has 0 unspecified atom stereocenters. The van der Waals surface area contributed by atoms with Gasteiger partial charge >= 0.3 is 0 Å². The van der Waals surface area contributed by atoms with Crippen molar-refractivity contribution in [2.75, 3.05) is 4.90 Å². The first-order valence-electron chi connectivity index (χ1n) is 19.8. The third-order valence-electron chi connectivity index (χ3n) is 11.5. The van der Waals surface area contributed by atoms with Crippen molar-refractivity contribution in [3.8, 4) is 44.5 Å². The molecule has 0 radical (unpaired) electrons. The molecule has 0 aliphatic rings. The van der Waals surface area contributed by atoms with E-state index in [0.717, 1.165) is 50.1 Å². The summed E-state index contributed by atoms with van der Waals surface area (Å²) in [5, 5.41) is 7.13. The van der Waals surface area contributed by atoms with E-state index in [1.54, 1.807) is 0 Å². The number of para-hydroxylation sites is 1. The summed E-state index contributed by atoms with van der Waals surface area (Å²) in [5.74, 6) is 0. The van der Waals surface area contributed by atoms with E-state index in [-0.39, 0.29) is 0 Å². The lowest BCUT2D eigenvalue weighted by atomic mass is 9.97. The first-order chi connectivity index (χ1) is 28.7. The lowest BCUT2D eigenvalue weighted by molar-refractivity contribution is 0.669. The van der Waals surface area contributed by atoms with Gasteiger partial charge in [0.2, 0.25) is 0 Å². The van der Waals surface area contributed by atoms with Crippen molar-refractivity contribution >= 4 is 60.5 Å². The van der Waals surface area contributed by atoms with Gasteiger partial charge in [0.1, 0.15) is 5.58 Å². The lowest BCUT2D eigenvalue weighted by Gasteiger charge is -2.26. The summed E-state index contributed by atoms with van der Waals surface area (Å²) in [6, 6.07) is 80.6. The maximum atomic E-state index is 6.84. The van der Waals surface area contributed by atoms with Crippen molar-refractivity contribution in [2.24, 2.45) is 0 Å². The fourth-order valence-electron chi connectivity index (χ4n) is 8.50. The van der Waals surface area contributed by atoms with Gasteiger partial charge in [-0.3, -0.25) is 0 Å². The zero-order valence-corrected chi connectivity index (χ0v) is 31.7. The number of nitrogens with zero attached hydrogens (tertiary/aromatic N) is 1. The molecule has 0 atom stereocenters. The molecule has 11 rings (SSSR count). The molecule has 1 aromatic heterocycles. The van der Waals surface area contributed by atoms with Crippen molar-refractivity contribution < 1.29 is 4.42 Å². The van der Waals surface area contributed by atoms with Crippen LogP contribution in [-0.4, -0.2) is 0 Å². The molecule has 58 heavy (non-hydrogen) atoms. The van der Waals surface area contributed by atoms with E-state index in [4.69, 9.17) is 4.42 Å². The third kappa shape index (κ3) is 6.00. The number of hydrogen-bond donors (Lipinski definition) is 0. The average molecular weight is 740 g/mol. The monoisotopic (exact) mass is 739 g/mol. The van der Waals surface area contributed by atoms with Crippen LogP contribution in [0.2, 0.25) is 0 Å². The summed E-state index contributed by atoms with van der Waals surface area (Å²) in [6.45, 7) is 0. The Morgan fingerprint density at radius 3 is 1.50 bits per heavy atom. The van der Waals surface area contributed by atoms with E-state index in [1.807, 2.05) is 0 Å². The Labute approximate surface area is 337 Å². The SMILES string of the molecule is c1ccc(-c2ccc3ccc(-c4ccc(N(c5ccc(-c6cccc7ccccc67)cc5)c5cccc6c5oc5cc(-c7ccccc7)ccc56)cc4)cc3c2)cc1. The van der Waals surface area contributed by atoms with Gasteiger partial charge in [0.25, 0.3) is 0 Å². The Kier molecular flexibility index (Phi) is 8.19. The second-order valence-corrected chi connectivity index (χ2v) is 14.9. The van der Waals surface area contributed by atoms with Crippen LogP contribution in [-0.2, 0) is 0 Å². The highest BCUT2D eigenvalue weighted by Crippen LogP contribution is 2.44. The highest BCUT2D eigenvalue weighted by atomic mass is 16.3. The molecule has 0 aliphatic heterocycles. The Balaban J connectivity index is 1.02. The average Bonchev–Trinajstić information content (AvgIpc) is 3.68. The molecule has 0 fully saturated rings. The minimum Gasteiger partial charge on any atom is -0.454 e. The van der Waals surface area contributed by atoms with Crippen LogP contribution < -0.4 is 4.90 Å². The van der Waals surface area contributed by atoms with Crippen molar-refractivity contribution in [3.05, 3.63) is 224 Å². The van der Waals surface area contributed by atoms with Crippen LogP contribution >= 0.6 is 0 Å². The van der Waals surface area contributed by atoms with Crippen molar-refractivity contribution in [3.63, 3.8) is 0 Å². The highest BCUT2D eigenvalue weighted by molar-refractivity contribution is 6.11. The molecule has 0 amide bonds. The van der Waals surface area contributed by atoms with E-state index in [9.17, 15) is 0 Å². The second-order valence-electron chi connectivity index (χ2n) is 14.9. The lowest BCUT2D eigenvalue weighted by Crippen LogP contribution is -2.10. The Bertz CT molecular complexity index is 3250. The van der Waals surface area contributed by atoms with Crippen LogP contribution in [0.1, 0.15) is 0 Å². The zero-order valence-electron chi connectivity index (χ0n) is 31.7. The minimum atomic E-state index is 0.855. The molecule has 1 heterocycles. The van der Waals surface area contributed by atoms with Crippen LogP contribution in [0, 0.1) is 0 Å². The van der Waals surface area contributed by atoms with Gasteiger partial charge in [-0.25, -0.2) is 0 Å². The first-order valence-corrected chi connectivity index (χ1v) is 19.8. The Morgan fingerprint density at radius 1 is 0.293 bits per heavy atom. The van der Waals surface area contributed by atoms with Gasteiger partial charge in [0.05, 0.1) is 5.69 Å². The summed E-state index contributed by atoms with van der Waals surface area (Å²) in [5.41, 5.74) is 14.3. The van der Waals surface area contributed by atoms with Gasteiger partial charge in [-0.05, 0) is 121 Å². The topological polar surface area (TPSA) is 16.4 Å². The van der Waals surface area contributed by atoms with Gasteiger partial charge < -0.3 is 9.32 Å². The number of fused-ring (bicyclic) bond motifs is 5. The van der Waals surface area contributed by atoms with Crippen LogP contribution in [0.25, 0.3) is 88.0 Å². The summed E-state index contributed by atoms with van der Waals surface area (Å²) >= 11 is 0. The van der Waals surface area contributed by atoms with Gasteiger partial charge in [-0.15, -0.1) is 0 Å². The number of rotatable bonds is 7. The molecule has 2 heteroatoms. The maximum Gasteiger partial charge on any atom is 0.159 e. The second kappa shape index (κ2) is 14.1. The summed E-state index contributed by atoms with van der Waals surface area (Å²) < 4.78 is 6.84. The standard InChI is InChI=1S/C56H37NO/c1-3-11-38(12-4-1)44-23-21-41-22-24-45(36-47(41)35-44)40-25-30-48(31-26-40)57(49-32-27-43(28-33-49)51-18-9-16-42-15-7-8-17-50(42)51)54-20-10-19-53-52-34-29-46(37-55(52)58-56(53)54)39-13-5-2-6-14-39/h1-37H. The minimum absolute atomic E-state index is 0.855. The molecule has 2 nitrogen and oxygen atoms in total. The van der Waals surface area contributed by atoms with Crippen LogP contribution in [0.5, 0.6) is 0 Å². The van der Waals surface area contributed by atoms with Gasteiger partial charge in [-0.2, -0.15) is 0 Å². The number of benzene rings is 10. The van der Waals surface area contributed by atoms with E-state index >= 15 is 0 Å². The molecular weight excluding hydrogens is 703 g/mol. The third-order valence-corrected chi connectivity index (χ3v) is 11.5. The molecule has 0 spiro atoms. The highest BCUT2D eigenvalue weighted by Gasteiger charge is 2.20. The largest absolute Gasteiger partial charge is 0.454 e.